The van der Waals surface area contributed by atoms with E-state index in [2.05, 4.69) is 21.1 Å². The van der Waals surface area contributed by atoms with Crippen LogP contribution >= 0.6 is 0 Å². The summed E-state index contributed by atoms with van der Waals surface area (Å²) in [6, 6.07) is 8.15. The highest BCUT2D eigenvalue weighted by Crippen LogP contribution is 2.22. The Morgan fingerprint density at radius 1 is 0.960 bits per heavy atom. The summed E-state index contributed by atoms with van der Waals surface area (Å²) in [4.78, 5) is 35.8. The molecule has 0 aliphatic heterocycles. The van der Waals surface area contributed by atoms with Crippen molar-refractivity contribution in [2.45, 2.75) is 27.7 Å². The molecule has 0 aliphatic rings. The van der Waals surface area contributed by atoms with Gasteiger partial charge in [-0.1, -0.05) is 5.16 Å². The number of aryl methyl sites for hydroxylation is 1. The normalized spacial score (nSPS) is 10.9. The van der Waals surface area contributed by atoms with Gasteiger partial charge in [-0.05, 0) is 45.0 Å². The molecule has 0 saturated heterocycles. The molecule has 3 N–H and O–H groups in total. The van der Waals surface area contributed by atoms with Crippen molar-refractivity contribution in [3.8, 4) is 0 Å². The van der Waals surface area contributed by atoms with Crippen LogP contribution in [0, 0.1) is 12.3 Å². The molecule has 0 atom stereocenters. The van der Waals surface area contributed by atoms with Gasteiger partial charge in [-0.2, -0.15) is 0 Å². The van der Waals surface area contributed by atoms with Gasteiger partial charge in [0, 0.05) is 24.4 Å². The van der Waals surface area contributed by atoms with E-state index in [1.54, 1.807) is 37.3 Å². The van der Waals surface area contributed by atoms with Crippen LogP contribution in [0.15, 0.2) is 34.9 Å². The van der Waals surface area contributed by atoms with Crippen molar-refractivity contribution in [1.29, 1.82) is 0 Å². The van der Waals surface area contributed by atoms with E-state index in [-0.39, 0.29) is 11.7 Å². The van der Waals surface area contributed by atoms with Gasteiger partial charge in [-0.25, -0.2) is 0 Å². The number of rotatable bonds is 5. The fraction of sp³-hybridized carbons (Fsp3) is 0.294. The topological polar surface area (TPSA) is 113 Å². The largest absolute Gasteiger partial charge is 0.360 e. The first-order chi connectivity index (χ1) is 11.7. The highest BCUT2D eigenvalue weighted by molar-refractivity contribution is 6.13. The summed E-state index contributed by atoms with van der Waals surface area (Å²) >= 11 is 0. The number of amides is 3. The molecule has 2 rings (SSSR count). The fourth-order valence-corrected chi connectivity index (χ4v) is 1.93. The number of benzene rings is 1. The van der Waals surface area contributed by atoms with Gasteiger partial charge in [0.25, 0.3) is 0 Å². The van der Waals surface area contributed by atoms with E-state index in [4.69, 9.17) is 4.52 Å². The average molecular weight is 344 g/mol. The second-order valence-electron chi connectivity index (χ2n) is 6.11. The van der Waals surface area contributed by atoms with Gasteiger partial charge in [-0.3, -0.25) is 14.4 Å². The lowest BCUT2D eigenvalue weighted by atomic mass is 9.91. The van der Waals surface area contributed by atoms with E-state index in [0.29, 0.717) is 17.1 Å². The molecule has 2 aromatic rings. The van der Waals surface area contributed by atoms with Gasteiger partial charge in [0.05, 0.1) is 0 Å². The van der Waals surface area contributed by atoms with Gasteiger partial charge in [0.15, 0.2) is 5.82 Å². The Kier molecular flexibility index (Phi) is 5.21. The third kappa shape index (κ3) is 4.66. The Morgan fingerprint density at radius 3 is 1.96 bits per heavy atom. The van der Waals surface area contributed by atoms with Gasteiger partial charge in [0.1, 0.15) is 11.2 Å². The number of hydrogen-bond acceptors (Lipinski definition) is 5. The molecule has 0 saturated carbocycles. The predicted molar refractivity (Wildman–Crippen MR) is 93.0 cm³/mol. The van der Waals surface area contributed by atoms with Gasteiger partial charge in [-0.15, -0.1) is 0 Å². The molecule has 1 aromatic carbocycles. The summed E-state index contributed by atoms with van der Waals surface area (Å²) in [5.74, 6) is -0.358. The molecule has 8 nitrogen and oxygen atoms in total. The monoisotopic (exact) mass is 344 g/mol. The Labute approximate surface area is 145 Å². The summed E-state index contributed by atoms with van der Waals surface area (Å²) in [6.45, 7) is 6.13. The summed E-state index contributed by atoms with van der Waals surface area (Å²) in [6.07, 6.45) is 0. The van der Waals surface area contributed by atoms with Crippen molar-refractivity contribution in [2.75, 3.05) is 16.0 Å². The third-order valence-corrected chi connectivity index (χ3v) is 3.47. The molecule has 25 heavy (non-hydrogen) atoms. The van der Waals surface area contributed by atoms with Crippen LogP contribution in [0.4, 0.5) is 17.2 Å². The summed E-state index contributed by atoms with van der Waals surface area (Å²) in [5.41, 5.74) is -0.204. The molecule has 3 amide bonds. The van der Waals surface area contributed by atoms with Gasteiger partial charge in [0.2, 0.25) is 17.7 Å². The van der Waals surface area contributed by atoms with Gasteiger partial charge >= 0.3 is 0 Å². The summed E-state index contributed by atoms with van der Waals surface area (Å²) < 4.78 is 4.88. The van der Waals surface area contributed by atoms with Crippen LogP contribution in [0.25, 0.3) is 0 Å². The summed E-state index contributed by atoms with van der Waals surface area (Å²) in [5, 5.41) is 11.5. The van der Waals surface area contributed by atoms with E-state index < -0.39 is 17.2 Å². The molecule has 0 radical (unpaired) electrons. The molecular formula is C17H20N4O4. The van der Waals surface area contributed by atoms with E-state index in [9.17, 15) is 14.4 Å². The van der Waals surface area contributed by atoms with Crippen molar-refractivity contribution >= 4 is 34.9 Å². The first-order valence-corrected chi connectivity index (χ1v) is 7.62. The van der Waals surface area contributed by atoms with Gasteiger partial charge < -0.3 is 20.5 Å². The molecule has 0 aliphatic carbocycles. The molecule has 0 bridgehead atoms. The van der Waals surface area contributed by atoms with Crippen LogP contribution in [-0.4, -0.2) is 22.9 Å². The lowest BCUT2D eigenvalue weighted by Gasteiger charge is -2.22. The second kappa shape index (κ2) is 7.16. The maximum atomic E-state index is 12.4. The Hall–Kier alpha value is -3.16. The number of hydrogen-bond donors (Lipinski definition) is 3. The first-order valence-electron chi connectivity index (χ1n) is 7.62. The quantitative estimate of drug-likeness (QED) is 0.721. The Morgan fingerprint density at radius 2 is 1.48 bits per heavy atom. The number of anilines is 3. The zero-order valence-electron chi connectivity index (χ0n) is 14.5. The molecule has 1 heterocycles. The van der Waals surface area contributed by atoms with Crippen LogP contribution in [0.1, 0.15) is 26.5 Å². The highest BCUT2D eigenvalue weighted by atomic mass is 16.5. The number of nitrogens with one attached hydrogen (secondary N) is 3. The standard InChI is InChI=1S/C17H20N4O4/c1-10-9-14(21-25-10)20-16(24)17(3,4)15(23)19-13-7-5-12(6-8-13)18-11(2)22/h5-9H,1-4H3,(H,18,22)(H,19,23)(H,20,21,24). The maximum absolute atomic E-state index is 12.4. The molecule has 1 aromatic heterocycles. The van der Waals surface area contributed by atoms with Crippen molar-refractivity contribution in [3.63, 3.8) is 0 Å². The molecule has 0 fully saturated rings. The van der Waals surface area contributed by atoms with E-state index in [1.807, 2.05) is 0 Å². The Bertz CT molecular complexity index is 793. The number of carbonyl (C=O) groups excluding carboxylic acids is 3. The van der Waals surface area contributed by atoms with Crippen molar-refractivity contribution in [1.82, 2.24) is 5.16 Å². The van der Waals surface area contributed by atoms with Crippen molar-refractivity contribution in [2.24, 2.45) is 5.41 Å². The summed E-state index contributed by atoms with van der Waals surface area (Å²) in [7, 11) is 0. The zero-order chi connectivity index (χ0) is 18.6. The van der Waals surface area contributed by atoms with Crippen molar-refractivity contribution < 1.29 is 18.9 Å². The van der Waals surface area contributed by atoms with Crippen LogP contribution < -0.4 is 16.0 Å². The second-order valence-corrected chi connectivity index (χ2v) is 6.11. The molecule has 8 heteroatoms. The fourth-order valence-electron chi connectivity index (χ4n) is 1.93. The van der Waals surface area contributed by atoms with E-state index in [0.717, 1.165) is 0 Å². The third-order valence-electron chi connectivity index (χ3n) is 3.47. The lowest BCUT2D eigenvalue weighted by molar-refractivity contribution is -0.135. The van der Waals surface area contributed by atoms with Crippen LogP contribution in [0.2, 0.25) is 0 Å². The van der Waals surface area contributed by atoms with Crippen LogP contribution in [-0.2, 0) is 14.4 Å². The maximum Gasteiger partial charge on any atom is 0.240 e. The molecule has 0 spiro atoms. The molecular weight excluding hydrogens is 324 g/mol. The SMILES string of the molecule is CC(=O)Nc1ccc(NC(=O)C(C)(C)C(=O)Nc2cc(C)on2)cc1. The first kappa shape index (κ1) is 18.2. The number of carbonyl (C=O) groups is 3. The Balaban J connectivity index is 2.02. The zero-order valence-corrected chi connectivity index (χ0v) is 14.5. The predicted octanol–water partition coefficient (Wildman–Crippen LogP) is 2.54. The van der Waals surface area contributed by atoms with E-state index in [1.165, 1.54) is 20.8 Å². The number of aromatic nitrogens is 1. The van der Waals surface area contributed by atoms with E-state index >= 15 is 0 Å². The lowest BCUT2D eigenvalue weighted by Crippen LogP contribution is -2.41. The molecule has 0 unspecified atom stereocenters. The molecule has 132 valence electrons. The minimum absolute atomic E-state index is 0.183. The van der Waals surface area contributed by atoms with Crippen molar-refractivity contribution in [3.05, 3.63) is 36.1 Å². The smallest absolute Gasteiger partial charge is 0.240 e. The number of nitrogens with zero attached hydrogens (tertiary/aromatic N) is 1. The van der Waals surface area contributed by atoms with Crippen LogP contribution in [0.5, 0.6) is 0 Å². The highest BCUT2D eigenvalue weighted by Gasteiger charge is 2.36. The average Bonchev–Trinajstić information content (AvgIpc) is 2.93. The minimum Gasteiger partial charge on any atom is -0.360 e. The van der Waals surface area contributed by atoms with Crippen LogP contribution in [0.3, 0.4) is 0 Å². The minimum atomic E-state index is -1.33.